The SMILES string of the molecule is CS(=O)(=O)C[C@@H]1CCCN(C(=O)c2ccc(O)cc2)C1. The number of benzene rings is 1. The van der Waals surface area contributed by atoms with Crippen molar-refractivity contribution in [2.45, 2.75) is 12.8 Å². The molecule has 1 amide bonds. The summed E-state index contributed by atoms with van der Waals surface area (Å²) in [5, 5.41) is 9.23. The number of phenolic OH excluding ortho intramolecular Hbond substituents is 1. The predicted octanol–water partition coefficient (Wildman–Crippen LogP) is 1.29. The normalized spacial score (nSPS) is 19.9. The maximum absolute atomic E-state index is 12.3. The molecule has 6 heteroatoms. The summed E-state index contributed by atoms with van der Waals surface area (Å²) in [6.07, 6.45) is 2.89. The molecule has 1 N–H and O–H groups in total. The summed E-state index contributed by atoms with van der Waals surface area (Å²) in [5.74, 6) is 0.157. The summed E-state index contributed by atoms with van der Waals surface area (Å²) in [7, 11) is -3.01. The Morgan fingerprint density at radius 2 is 2.00 bits per heavy atom. The van der Waals surface area contributed by atoms with E-state index in [2.05, 4.69) is 0 Å². The molecular formula is C14H19NO4S. The van der Waals surface area contributed by atoms with Gasteiger partial charge in [0.2, 0.25) is 0 Å². The summed E-state index contributed by atoms with van der Waals surface area (Å²) in [5.41, 5.74) is 0.516. The minimum Gasteiger partial charge on any atom is -0.508 e. The first-order chi connectivity index (χ1) is 9.35. The van der Waals surface area contributed by atoms with E-state index in [1.54, 1.807) is 17.0 Å². The average molecular weight is 297 g/mol. The van der Waals surface area contributed by atoms with E-state index < -0.39 is 9.84 Å². The summed E-state index contributed by atoms with van der Waals surface area (Å²) < 4.78 is 22.7. The maximum Gasteiger partial charge on any atom is 0.253 e. The number of likely N-dealkylation sites (tertiary alicyclic amines) is 1. The van der Waals surface area contributed by atoms with Gasteiger partial charge in [-0.3, -0.25) is 4.79 Å². The van der Waals surface area contributed by atoms with Gasteiger partial charge >= 0.3 is 0 Å². The molecule has 1 aliphatic rings. The summed E-state index contributed by atoms with van der Waals surface area (Å²) in [4.78, 5) is 14.0. The molecular weight excluding hydrogens is 278 g/mol. The van der Waals surface area contributed by atoms with Crippen molar-refractivity contribution < 1.29 is 18.3 Å². The van der Waals surface area contributed by atoms with E-state index in [0.717, 1.165) is 12.8 Å². The molecule has 110 valence electrons. The zero-order valence-corrected chi connectivity index (χ0v) is 12.3. The summed E-state index contributed by atoms with van der Waals surface area (Å²) >= 11 is 0. The summed E-state index contributed by atoms with van der Waals surface area (Å²) in [6, 6.07) is 6.12. The van der Waals surface area contributed by atoms with Gasteiger partial charge < -0.3 is 10.0 Å². The van der Waals surface area contributed by atoms with E-state index in [9.17, 15) is 18.3 Å². The number of amides is 1. The molecule has 0 aromatic heterocycles. The number of phenols is 1. The van der Waals surface area contributed by atoms with Crippen LogP contribution in [-0.4, -0.2) is 49.4 Å². The van der Waals surface area contributed by atoms with Gasteiger partial charge in [-0.25, -0.2) is 8.42 Å². The number of rotatable bonds is 3. The van der Waals surface area contributed by atoms with E-state index in [1.165, 1.54) is 18.4 Å². The van der Waals surface area contributed by atoms with Crippen LogP contribution < -0.4 is 0 Å². The molecule has 5 nitrogen and oxygen atoms in total. The highest BCUT2D eigenvalue weighted by Crippen LogP contribution is 2.20. The van der Waals surface area contributed by atoms with Crippen LogP contribution >= 0.6 is 0 Å². The monoisotopic (exact) mass is 297 g/mol. The van der Waals surface area contributed by atoms with E-state index >= 15 is 0 Å². The van der Waals surface area contributed by atoms with Gasteiger partial charge in [-0.15, -0.1) is 0 Å². The van der Waals surface area contributed by atoms with Crippen LogP contribution in [0, 0.1) is 5.92 Å². The van der Waals surface area contributed by atoms with Crippen molar-refractivity contribution in [2.24, 2.45) is 5.92 Å². The van der Waals surface area contributed by atoms with Gasteiger partial charge in [0.05, 0.1) is 5.75 Å². The molecule has 0 aliphatic carbocycles. The number of aromatic hydroxyl groups is 1. The topological polar surface area (TPSA) is 74.7 Å². The van der Waals surface area contributed by atoms with Gasteiger partial charge in [-0.05, 0) is 43.0 Å². The fraction of sp³-hybridized carbons (Fsp3) is 0.500. The molecule has 1 fully saturated rings. The molecule has 1 aromatic carbocycles. The number of hydrogen-bond acceptors (Lipinski definition) is 4. The Balaban J connectivity index is 2.05. The Kier molecular flexibility index (Phi) is 4.32. The summed E-state index contributed by atoms with van der Waals surface area (Å²) in [6.45, 7) is 1.13. The fourth-order valence-electron chi connectivity index (χ4n) is 2.60. The van der Waals surface area contributed by atoms with Crippen LogP contribution in [0.4, 0.5) is 0 Å². The Bertz CT molecular complexity index is 580. The maximum atomic E-state index is 12.3. The third-order valence-corrected chi connectivity index (χ3v) is 4.54. The third-order valence-electron chi connectivity index (χ3n) is 3.46. The van der Waals surface area contributed by atoms with Crippen molar-refractivity contribution in [3.05, 3.63) is 29.8 Å². The van der Waals surface area contributed by atoms with Crippen molar-refractivity contribution in [1.29, 1.82) is 0 Å². The van der Waals surface area contributed by atoms with Gasteiger partial charge in [0, 0.05) is 24.9 Å². The Morgan fingerprint density at radius 1 is 1.35 bits per heavy atom. The predicted molar refractivity (Wildman–Crippen MR) is 76.4 cm³/mol. The highest BCUT2D eigenvalue weighted by atomic mass is 32.2. The van der Waals surface area contributed by atoms with E-state index in [-0.39, 0.29) is 23.3 Å². The molecule has 0 spiro atoms. The Labute approximate surface area is 119 Å². The van der Waals surface area contributed by atoms with E-state index in [4.69, 9.17) is 0 Å². The van der Waals surface area contributed by atoms with Crippen LogP contribution in [0.25, 0.3) is 0 Å². The first-order valence-corrected chi connectivity index (χ1v) is 8.67. The Morgan fingerprint density at radius 3 is 2.60 bits per heavy atom. The number of piperidine rings is 1. The molecule has 1 heterocycles. The number of carbonyl (C=O) groups excluding carboxylic acids is 1. The highest BCUT2D eigenvalue weighted by Gasteiger charge is 2.26. The van der Waals surface area contributed by atoms with Crippen LogP contribution in [-0.2, 0) is 9.84 Å². The number of carbonyl (C=O) groups is 1. The fourth-order valence-corrected chi connectivity index (χ4v) is 3.73. The van der Waals surface area contributed by atoms with Gasteiger partial charge in [0.1, 0.15) is 15.6 Å². The lowest BCUT2D eigenvalue weighted by molar-refractivity contribution is 0.0684. The first kappa shape index (κ1) is 14.8. The number of hydrogen-bond donors (Lipinski definition) is 1. The third kappa shape index (κ3) is 3.96. The molecule has 20 heavy (non-hydrogen) atoms. The highest BCUT2D eigenvalue weighted by molar-refractivity contribution is 7.90. The lowest BCUT2D eigenvalue weighted by atomic mass is 9.99. The smallest absolute Gasteiger partial charge is 0.253 e. The van der Waals surface area contributed by atoms with Crippen molar-refractivity contribution in [3.63, 3.8) is 0 Å². The molecule has 0 unspecified atom stereocenters. The largest absolute Gasteiger partial charge is 0.508 e. The molecule has 1 aromatic rings. The molecule has 0 bridgehead atoms. The molecule has 1 atom stereocenters. The van der Waals surface area contributed by atoms with Crippen molar-refractivity contribution in [1.82, 2.24) is 4.90 Å². The van der Waals surface area contributed by atoms with Crippen LogP contribution in [0.3, 0.4) is 0 Å². The number of nitrogens with zero attached hydrogens (tertiary/aromatic N) is 1. The second-order valence-corrected chi connectivity index (χ2v) is 7.58. The standard InChI is InChI=1S/C14H19NO4S/c1-20(18,19)10-11-3-2-8-15(9-11)14(17)12-4-6-13(16)7-5-12/h4-7,11,16H,2-3,8-10H2,1H3/t11-/m1/s1. The second kappa shape index (κ2) is 5.83. The van der Waals surface area contributed by atoms with Gasteiger partial charge in [-0.2, -0.15) is 0 Å². The first-order valence-electron chi connectivity index (χ1n) is 6.61. The van der Waals surface area contributed by atoms with Crippen LogP contribution in [0.15, 0.2) is 24.3 Å². The second-order valence-electron chi connectivity index (χ2n) is 5.40. The van der Waals surface area contributed by atoms with Crippen LogP contribution in [0.1, 0.15) is 23.2 Å². The molecule has 1 saturated heterocycles. The minimum atomic E-state index is -3.01. The van der Waals surface area contributed by atoms with E-state index in [1.807, 2.05) is 0 Å². The lowest BCUT2D eigenvalue weighted by Gasteiger charge is -2.32. The lowest BCUT2D eigenvalue weighted by Crippen LogP contribution is -2.41. The van der Waals surface area contributed by atoms with Crippen LogP contribution in [0.2, 0.25) is 0 Å². The molecule has 0 radical (unpaired) electrons. The van der Waals surface area contributed by atoms with Crippen molar-refractivity contribution in [2.75, 3.05) is 25.1 Å². The van der Waals surface area contributed by atoms with Gasteiger partial charge in [-0.1, -0.05) is 0 Å². The molecule has 0 saturated carbocycles. The van der Waals surface area contributed by atoms with Gasteiger partial charge in [0.15, 0.2) is 0 Å². The van der Waals surface area contributed by atoms with Crippen molar-refractivity contribution >= 4 is 15.7 Å². The van der Waals surface area contributed by atoms with Gasteiger partial charge in [0.25, 0.3) is 5.91 Å². The number of sulfone groups is 1. The average Bonchev–Trinajstić information content (AvgIpc) is 2.37. The zero-order chi connectivity index (χ0) is 14.8. The van der Waals surface area contributed by atoms with Crippen molar-refractivity contribution in [3.8, 4) is 5.75 Å². The molecule has 2 rings (SSSR count). The quantitative estimate of drug-likeness (QED) is 0.912. The minimum absolute atomic E-state index is 0.0137. The Hall–Kier alpha value is -1.56. The van der Waals surface area contributed by atoms with Crippen LogP contribution in [0.5, 0.6) is 5.75 Å². The molecule has 1 aliphatic heterocycles. The zero-order valence-electron chi connectivity index (χ0n) is 11.4. The van der Waals surface area contributed by atoms with E-state index in [0.29, 0.717) is 18.7 Å².